The zero-order valence-corrected chi connectivity index (χ0v) is 10.1. The normalized spacial score (nSPS) is 10.1. The van der Waals surface area contributed by atoms with Crippen molar-refractivity contribution in [3.05, 3.63) is 47.4 Å². The standard InChI is InChI=1S/C13H13N3O2/c1-8-3-4-9(2)10(5-8)16-12-7-14-11(6-15-12)13(17)18/h3-7H,1-2H3,(H,15,16)(H,17,18). The van der Waals surface area contributed by atoms with Gasteiger partial charge in [0.2, 0.25) is 0 Å². The lowest BCUT2D eigenvalue weighted by molar-refractivity contribution is 0.0690. The first-order chi connectivity index (χ1) is 8.56. The van der Waals surface area contributed by atoms with E-state index in [1.54, 1.807) is 0 Å². The number of aryl methyl sites for hydroxylation is 2. The minimum atomic E-state index is -1.08. The van der Waals surface area contributed by atoms with Gasteiger partial charge in [0.25, 0.3) is 0 Å². The van der Waals surface area contributed by atoms with E-state index in [9.17, 15) is 4.79 Å². The molecule has 1 aromatic carbocycles. The number of aromatic nitrogens is 2. The molecule has 5 heteroatoms. The van der Waals surface area contributed by atoms with Crippen molar-refractivity contribution in [3.8, 4) is 0 Å². The van der Waals surface area contributed by atoms with Gasteiger partial charge in [0.05, 0.1) is 12.4 Å². The number of aromatic carboxylic acids is 1. The Labute approximate surface area is 105 Å². The van der Waals surface area contributed by atoms with Crippen LogP contribution >= 0.6 is 0 Å². The molecule has 0 amide bonds. The number of carbonyl (C=O) groups is 1. The molecule has 2 N–H and O–H groups in total. The molecular formula is C13H13N3O2. The molecule has 0 aliphatic rings. The van der Waals surface area contributed by atoms with Crippen molar-refractivity contribution in [1.82, 2.24) is 9.97 Å². The predicted octanol–water partition coefficient (Wildman–Crippen LogP) is 2.54. The van der Waals surface area contributed by atoms with Crippen LogP contribution < -0.4 is 5.32 Å². The summed E-state index contributed by atoms with van der Waals surface area (Å²) in [7, 11) is 0. The highest BCUT2D eigenvalue weighted by atomic mass is 16.4. The quantitative estimate of drug-likeness (QED) is 0.866. The zero-order chi connectivity index (χ0) is 13.1. The van der Waals surface area contributed by atoms with Crippen molar-refractivity contribution in [2.75, 3.05) is 5.32 Å². The lowest BCUT2D eigenvalue weighted by Crippen LogP contribution is -2.03. The molecule has 18 heavy (non-hydrogen) atoms. The Kier molecular flexibility index (Phi) is 3.23. The van der Waals surface area contributed by atoms with Gasteiger partial charge in [0.1, 0.15) is 5.82 Å². The van der Waals surface area contributed by atoms with Gasteiger partial charge in [-0.15, -0.1) is 0 Å². The van der Waals surface area contributed by atoms with E-state index in [1.807, 2.05) is 32.0 Å². The van der Waals surface area contributed by atoms with E-state index in [0.29, 0.717) is 5.82 Å². The fourth-order valence-corrected chi connectivity index (χ4v) is 1.51. The Hall–Kier alpha value is -2.43. The van der Waals surface area contributed by atoms with Gasteiger partial charge in [-0.3, -0.25) is 0 Å². The summed E-state index contributed by atoms with van der Waals surface area (Å²) in [5, 5.41) is 11.8. The molecule has 0 saturated heterocycles. The van der Waals surface area contributed by atoms with Crippen molar-refractivity contribution < 1.29 is 9.90 Å². The first kappa shape index (κ1) is 12.0. The molecule has 2 rings (SSSR count). The van der Waals surface area contributed by atoms with Gasteiger partial charge < -0.3 is 10.4 Å². The Balaban J connectivity index is 2.23. The fourth-order valence-electron chi connectivity index (χ4n) is 1.51. The van der Waals surface area contributed by atoms with Crippen LogP contribution in [0.15, 0.2) is 30.6 Å². The molecule has 0 aliphatic heterocycles. The third-order valence-electron chi connectivity index (χ3n) is 2.53. The van der Waals surface area contributed by atoms with Crippen molar-refractivity contribution in [3.63, 3.8) is 0 Å². The van der Waals surface area contributed by atoms with Crippen LogP contribution in [-0.2, 0) is 0 Å². The number of nitrogens with zero attached hydrogens (tertiary/aromatic N) is 2. The number of rotatable bonds is 3. The molecule has 5 nitrogen and oxygen atoms in total. The highest BCUT2D eigenvalue weighted by Gasteiger charge is 2.05. The molecule has 2 aromatic rings. The fraction of sp³-hybridized carbons (Fsp3) is 0.154. The zero-order valence-electron chi connectivity index (χ0n) is 10.1. The third kappa shape index (κ3) is 2.63. The second-order valence-electron chi connectivity index (χ2n) is 4.04. The molecule has 1 heterocycles. The number of hydrogen-bond donors (Lipinski definition) is 2. The number of anilines is 2. The highest BCUT2D eigenvalue weighted by molar-refractivity contribution is 5.85. The first-order valence-electron chi connectivity index (χ1n) is 5.46. The van der Waals surface area contributed by atoms with Crippen LogP contribution in [-0.4, -0.2) is 21.0 Å². The Bertz CT molecular complexity index is 579. The monoisotopic (exact) mass is 243 g/mol. The van der Waals surface area contributed by atoms with Gasteiger partial charge in [-0.2, -0.15) is 0 Å². The van der Waals surface area contributed by atoms with Gasteiger partial charge in [0, 0.05) is 5.69 Å². The van der Waals surface area contributed by atoms with Crippen LogP contribution in [0.3, 0.4) is 0 Å². The highest BCUT2D eigenvalue weighted by Crippen LogP contribution is 2.19. The van der Waals surface area contributed by atoms with Crippen molar-refractivity contribution in [2.45, 2.75) is 13.8 Å². The van der Waals surface area contributed by atoms with E-state index in [-0.39, 0.29) is 5.69 Å². The second-order valence-corrected chi connectivity index (χ2v) is 4.04. The van der Waals surface area contributed by atoms with Gasteiger partial charge in [-0.05, 0) is 31.0 Å². The minimum Gasteiger partial charge on any atom is -0.476 e. The third-order valence-corrected chi connectivity index (χ3v) is 2.53. The van der Waals surface area contributed by atoms with E-state index in [2.05, 4.69) is 15.3 Å². The molecule has 92 valence electrons. The SMILES string of the molecule is Cc1ccc(C)c(Nc2cnc(C(=O)O)cn2)c1. The number of hydrogen-bond acceptors (Lipinski definition) is 4. The summed E-state index contributed by atoms with van der Waals surface area (Å²) in [5.74, 6) is -0.561. The average Bonchev–Trinajstić information content (AvgIpc) is 2.34. The van der Waals surface area contributed by atoms with Crippen LogP contribution in [0.1, 0.15) is 21.6 Å². The molecule has 0 spiro atoms. The Morgan fingerprint density at radius 3 is 2.61 bits per heavy atom. The molecule has 0 radical (unpaired) electrons. The summed E-state index contributed by atoms with van der Waals surface area (Å²) < 4.78 is 0. The summed E-state index contributed by atoms with van der Waals surface area (Å²) in [5.41, 5.74) is 3.09. The minimum absolute atomic E-state index is 0.0680. The molecule has 0 aliphatic carbocycles. The van der Waals surface area contributed by atoms with E-state index < -0.39 is 5.97 Å². The second kappa shape index (κ2) is 4.83. The predicted molar refractivity (Wildman–Crippen MR) is 68.2 cm³/mol. The molecule has 0 unspecified atom stereocenters. The maximum Gasteiger partial charge on any atom is 0.356 e. The van der Waals surface area contributed by atoms with E-state index in [1.165, 1.54) is 12.4 Å². The topological polar surface area (TPSA) is 75.1 Å². The average molecular weight is 243 g/mol. The number of carboxylic acids is 1. The van der Waals surface area contributed by atoms with Crippen LogP contribution in [0.4, 0.5) is 11.5 Å². The summed E-state index contributed by atoms with van der Waals surface area (Å²) in [4.78, 5) is 18.5. The van der Waals surface area contributed by atoms with Crippen LogP contribution in [0, 0.1) is 13.8 Å². The Morgan fingerprint density at radius 1 is 1.22 bits per heavy atom. The first-order valence-corrected chi connectivity index (χ1v) is 5.46. The number of nitrogens with one attached hydrogen (secondary N) is 1. The van der Waals surface area contributed by atoms with E-state index in [4.69, 9.17) is 5.11 Å². The van der Waals surface area contributed by atoms with Crippen LogP contribution in [0.5, 0.6) is 0 Å². The van der Waals surface area contributed by atoms with Gasteiger partial charge >= 0.3 is 5.97 Å². The molecule has 0 bridgehead atoms. The molecular weight excluding hydrogens is 230 g/mol. The van der Waals surface area contributed by atoms with Gasteiger partial charge in [-0.25, -0.2) is 14.8 Å². The summed E-state index contributed by atoms with van der Waals surface area (Å²) in [6, 6.07) is 6.04. The van der Waals surface area contributed by atoms with Crippen molar-refractivity contribution in [2.24, 2.45) is 0 Å². The summed E-state index contributed by atoms with van der Waals surface area (Å²) >= 11 is 0. The van der Waals surface area contributed by atoms with Crippen LogP contribution in [0.25, 0.3) is 0 Å². The van der Waals surface area contributed by atoms with E-state index in [0.717, 1.165) is 16.8 Å². The number of benzene rings is 1. The summed E-state index contributed by atoms with van der Waals surface area (Å²) in [6.07, 6.45) is 2.64. The van der Waals surface area contributed by atoms with Crippen molar-refractivity contribution in [1.29, 1.82) is 0 Å². The molecule has 0 saturated carbocycles. The number of carboxylic acid groups (broad SMARTS) is 1. The van der Waals surface area contributed by atoms with E-state index >= 15 is 0 Å². The molecule has 1 aromatic heterocycles. The maximum absolute atomic E-state index is 10.6. The van der Waals surface area contributed by atoms with Gasteiger partial charge in [-0.1, -0.05) is 12.1 Å². The lowest BCUT2D eigenvalue weighted by atomic mass is 10.1. The molecule has 0 atom stereocenters. The maximum atomic E-state index is 10.6. The van der Waals surface area contributed by atoms with Crippen molar-refractivity contribution >= 4 is 17.5 Å². The van der Waals surface area contributed by atoms with Crippen LogP contribution in [0.2, 0.25) is 0 Å². The molecule has 0 fully saturated rings. The van der Waals surface area contributed by atoms with Gasteiger partial charge in [0.15, 0.2) is 5.69 Å². The summed E-state index contributed by atoms with van der Waals surface area (Å²) in [6.45, 7) is 3.99. The lowest BCUT2D eigenvalue weighted by Gasteiger charge is -2.09. The Morgan fingerprint density at radius 2 is 2.00 bits per heavy atom. The smallest absolute Gasteiger partial charge is 0.356 e. The largest absolute Gasteiger partial charge is 0.476 e.